The number of alkyl halides is 6. The van der Waals surface area contributed by atoms with Crippen LogP contribution in [-0.4, -0.2) is 29.9 Å². The van der Waals surface area contributed by atoms with E-state index >= 15 is 0 Å². The number of ether oxygens (including phenoxy) is 2. The van der Waals surface area contributed by atoms with Crippen molar-refractivity contribution in [3.63, 3.8) is 0 Å². The van der Waals surface area contributed by atoms with Crippen LogP contribution in [-0.2, 0) is 38.8 Å². The average molecular weight is 606 g/mol. The van der Waals surface area contributed by atoms with Crippen molar-refractivity contribution < 1.29 is 45.4 Å². The molecule has 1 aliphatic heterocycles. The van der Waals surface area contributed by atoms with E-state index in [1.165, 1.54) is 18.7 Å². The fraction of sp³-hybridized carbons (Fsp3) is 0.312. The molecule has 0 saturated heterocycles. The summed E-state index contributed by atoms with van der Waals surface area (Å²) in [5, 5.41) is 0. The third-order valence-electron chi connectivity index (χ3n) is 7.37. The van der Waals surface area contributed by atoms with Crippen molar-refractivity contribution in [2.24, 2.45) is 0 Å². The maximum Gasteiger partial charge on any atom is 0.416 e. The Labute approximate surface area is 244 Å². The Morgan fingerprint density at radius 2 is 1.44 bits per heavy atom. The van der Waals surface area contributed by atoms with Crippen molar-refractivity contribution in [1.29, 1.82) is 0 Å². The van der Waals surface area contributed by atoms with Gasteiger partial charge in [-0.25, -0.2) is 4.79 Å². The van der Waals surface area contributed by atoms with Gasteiger partial charge in [0.15, 0.2) is 5.78 Å². The number of hydrogen-bond acceptors (Lipinski definition) is 4. The molecule has 0 N–H and O–H groups in total. The predicted octanol–water partition coefficient (Wildman–Crippen LogP) is 8.26. The molecule has 3 aromatic carbocycles. The van der Waals surface area contributed by atoms with Crippen LogP contribution in [0.5, 0.6) is 0 Å². The largest absolute Gasteiger partial charge is 0.445 e. The molecule has 228 valence electrons. The SMILES string of the molecule is CC(=O)C1=CC[C@@](CO[C@H](C)c2cc(C(F)(F)F)cc(C(F)(F)F)c2)(c2ccccc2)N(C(=O)OCc2ccccc2)C1. The van der Waals surface area contributed by atoms with Crippen LogP contribution in [0.15, 0.2) is 90.5 Å². The Balaban J connectivity index is 1.71. The van der Waals surface area contributed by atoms with Crippen LogP contribution >= 0.6 is 0 Å². The van der Waals surface area contributed by atoms with Gasteiger partial charge in [-0.05, 0) is 55.2 Å². The predicted molar refractivity (Wildman–Crippen MR) is 146 cm³/mol. The molecule has 1 heterocycles. The number of carbonyl (C=O) groups excluding carboxylic acids is 2. The molecule has 0 fully saturated rings. The molecule has 11 heteroatoms. The van der Waals surface area contributed by atoms with E-state index in [0.717, 1.165) is 5.56 Å². The lowest BCUT2D eigenvalue weighted by molar-refractivity contribution is -0.143. The lowest BCUT2D eigenvalue weighted by atomic mass is 9.81. The summed E-state index contributed by atoms with van der Waals surface area (Å²) in [6.45, 7) is 2.17. The van der Waals surface area contributed by atoms with E-state index in [0.29, 0.717) is 23.3 Å². The van der Waals surface area contributed by atoms with Gasteiger partial charge in [0.2, 0.25) is 0 Å². The molecule has 0 aliphatic carbocycles. The van der Waals surface area contributed by atoms with Crippen LogP contribution in [0.3, 0.4) is 0 Å². The topological polar surface area (TPSA) is 55.8 Å². The summed E-state index contributed by atoms with van der Waals surface area (Å²) in [4.78, 5) is 27.3. The van der Waals surface area contributed by atoms with Gasteiger partial charge in [0.1, 0.15) is 6.61 Å². The smallest absolute Gasteiger partial charge is 0.416 e. The van der Waals surface area contributed by atoms with Crippen LogP contribution in [0.1, 0.15) is 54.2 Å². The molecular formula is C32H29F6NO4. The van der Waals surface area contributed by atoms with Gasteiger partial charge in [0.25, 0.3) is 0 Å². The van der Waals surface area contributed by atoms with Crippen LogP contribution in [0, 0.1) is 0 Å². The van der Waals surface area contributed by atoms with E-state index < -0.39 is 41.2 Å². The van der Waals surface area contributed by atoms with E-state index in [4.69, 9.17) is 9.47 Å². The Hall–Kier alpha value is -4.12. The summed E-state index contributed by atoms with van der Waals surface area (Å²) in [6.07, 6.45) is -10.3. The molecule has 0 unspecified atom stereocenters. The Bertz CT molecular complexity index is 1440. The molecule has 2 atom stereocenters. The van der Waals surface area contributed by atoms with E-state index in [9.17, 15) is 35.9 Å². The number of halogens is 6. The molecule has 0 bridgehead atoms. The van der Waals surface area contributed by atoms with Crippen molar-refractivity contribution >= 4 is 11.9 Å². The monoisotopic (exact) mass is 605 g/mol. The summed E-state index contributed by atoms with van der Waals surface area (Å²) in [7, 11) is 0. The molecule has 0 saturated carbocycles. The van der Waals surface area contributed by atoms with Gasteiger partial charge < -0.3 is 9.47 Å². The number of carbonyl (C=O) groups is 2. The number of ketones is 1. The number of Topliss-reactive ketones (excluding diaryl/α,β-unsaturated/α-hetero) is 1. The van der Waals surface area contributed by atoms with Crippen molar-refractivity contribution in [2.75, 3.05) is 13.2 Å². The molecule has 0 spiro atoms. The minimum absolute atomic E-state index is 0.0569. The second-order valence-corrected chi connectivity index (χ2v) is 10.3. The summed E-state index contributed by atoms with van der Waals surface area (Å²) < 4.78 is 92.6. The maximum atomic E-state index is 13.6. The molecule has 43 heavy (non-hydrogen) atoms. The van der Waals surface area contributed by atoms with Gasteiger partial charge in [0.05, 0.1) is 35.9 Å². The first kappa shape index (κ1) is 31.8. The van der Waals surface area contributed by atoms with E-state index in [1.807, 2.05) is 0 Å². The first-order valence-corrected chi connectivity index (χ1v) is 13.4. The first-order chi connectivity index (χ1) is 20.2. The number of hydrogen-bond donors (Lipinski definition) is 0. The highest BCUT2D eigenvalue weighted by atomic mass is 19.4. The highest BCUT2D eigenvalue weighted by Gasteiger charge is 2.46. The standard InChI is InChI=1S/C32H29F6NO4/c1-21(40)24-13-14-30(26-11-7-4-8-12-26,39(18-24)29(41)42-19-23-9-5-3-6-10-23)20-43-22(2)25-15-27(31(33,34)35)17-28(16-25)32(36,37)38/h3-13,15-17,22H,14,18-20H2,1-2H3/t22-,30-/m1/s1. The molecule has 1 aliphatic rings. The van der Waals surface area contributed by atoms with Crippen LogP contribution in [0.2, 0.25) is 0 Å². The van der Waals surface area contributed by atoms with E-state index in [-0.39, 0.29) is 43.6 Å². The number of nitrogens with zero attached hydrogens (tertiary/aromatic N) is 1. The van der Waals surface area contributed by atoms with Crippen LogP contribution < -0.4 is 0 Å². The molecular weight excluding hydrogens is 576 g/mol. The molecule has 0 radical (unpaired) electrons. The third-order valence-corrected chi connectivity index (χ3v) is 7.37. The maximum absolute atomic E-state index is 13.6. The third kappa shape index (κ3) is 7.45. The van der Waals surface area contributed by atoms with Gasteiger partial charge in [-0.3, -0.25) is 9.69 Å². The van der Waals surface area contributed by atoms with Gasteiger partial charge in [-0.1, -0.05) is 66.7 Å². The minimum atomic E-state index is -5.02. The minimum Gasteiger partial charge on any atom is -0.445 e. The second-order valence-electron chi connectivity index (χ2n) is 10.3. The van der Waals surface area contributed by atoms with Crippen molar-refractivity contribution in [3.8, 4) is 0 Å². The summed E-state index contributed by atoms with van der Waals surface area (Å²) in [5.74, 6) is -0.263. The normalized spacial score (nSPS) is 18.1. The van der Waals surface area contributed by atoms with E-state index in [1.54, 1.807) is 66.7 Å². The zero-order chi connectivity index (χ0) is 31.4. The van der Waals surface area contributed by atoms with Crippen molar-refractivity contribution in [2.45, 2.75) is 50.9 Å². The van der Waals surface area contributed by atoms with Gasteiger partial charge in [0, 0.05) is 5.57 Å². The lowest BCUT2D eigenvalue weighted by Gasteiger charge is -2.46. The van der Waals surface area contributed by atoms with Crippen LogP contribution in [0.4, 0.5) is 31.1 Å². The Morgan fingerprint density at radius 1 is 0.884 bits per heavy atom. The molecule has 5 nitrogen and oxygen atoms in total. The fourth-order valence-electron chi connectivity index (χ4n) is 4.90. The molecule has 1 amide bonds. The highest BCUT2D eigenvalue weighted by Crippen LogP contribution is 2.41. The summed E-state index contributed by atoms with van der Waals surface area (Å²) in [6, 6.07) is 18.8. The molecule has 3 aromatic rings. The van der Waals surface area contributed by atoms with E-state index in [2.05, 4.69) is 0 Å². The van der Waals surface area contributed by atoms with Gasteiger partial charge in [-0.2, -0.15) is 26.3 Å². The summed E-state index contributed by atoms with van der Waals surface area (Å²) in [5.41, 5.74) is -2.89. The van der Waals surface area contributed by atoms with Crippen molar-refractivity contribution in [1.82, 2.24) is 4.90 Å². The van der Waals surface area contributed by atoms with Gasteiger partial charge >= 0.3 is 18.4 Å². The fourth-order valence-corrected chi connectivity index (χ4v) is 4.90. The van der Waals surface area contributed by atoms with Crippen molar-refractivity contribution in [3.05, 3.63) is 118 Å². The zero-order valence-corrected chi connectivity index (χ0v) is 23.3. The Morgan fingerprint density at radius 3 is 1.98 bits per heavy atom. The van der Waals surface area contributed by atoms with Crippen LogP contribution in [0.25, 0.3) is 0 Å². The quantitative estimate of drug-likeness (QED) is 0.243. The highest BCUT2D eigenvalue weighted by molar-refractivity contribution is 5.94. The molecule has 4 rings (SSSR count). The molecule has 0 aromatic heterocycles. The number of amides is 1. The van der Waals surface area contributed by atoms with Gasteiger partial charge in [-0.15, -0.1) is 0 Å². The lowest BCUT2D eigenvalue weighted by Crippen LogP contribution is -2.55. The zero-order valence-electron chi connectivity index (χ0n) is 23.3. The number of benzene rings is 3. The summed E-state index contributed by atoms with van der Waals surface area (Å²) >= 11 is 0. The second kappa shape index (κ2) is 12.6. The first-order valence-electron chi connectivity index (χ1n) is 13.4. The average Bonchev–Trinajstić information content (AvgIpc) is 2.98. The Kier molecular flexibility index (Phi) is 9.34. The number of rotatable bonds is 8.